The number of benzene rings is 1. The van der Waals surface area contributed by atoms with E-state index < -0.39 is 0 Å². The third kappa shape index (κ3) is 4.33. The minimum atomic E-state index is -0.0182. The molecule has 0 saturated carbocycles. The van der Waals surface area contributed by atoms with E-state index in [1.165, 1.54) is 0 Å². The van der Waals surface area contributed by atoms with Crippen LogP contribution in [0.15, 0.2) is 55.0 Å². The van der Waals surface area contributed by atoms with Gasteiger partial charge in [-0.3, -0.25) is 14.5 Å². The van der Waals surface area contributed by atoms with Gasteiger partial charge in [0.15, 0.2) is 0 Å². The standard InChI is InChI=1S/C20H19N5O/c1-25-14-18(13-24-25)20-17(3-2-10-22-20)12-23-19(26)9-8-15-4-6-16(11-21)7-5-15/h2-7,10,13-14H,8-9,12H2,1H3,(H,23,26). The summed E-state index contributed by atoms with van der Waals surface area (Å²) in [5.41, 5.74) is 4.37. The number of aryl methyl sites for hydroxylation is 2. The summed E-state index contributed by atoms with van der Waals surface area (Å²) in [4.78, 5) is 16.6. The molecule has 2 heterocycles. The van der Waals surface area contributed by atoms with Crippen LogP contribution < -0.4 is 5.32 Å². The zero-order valence-corrected chi connectivity index (χ0v) is 14.5. The van der Waals surface area contributed by atoms with Gasteiger partial charge in [0.25, 0.3) is 0 Å². The molecule has 0 saturated heterocycles. The molecular formula is C20H19N5O. The lowest BCUT2D eigenvalue weighted by atomic mass is 10.1. The fraction of sp³-hybridized carbons (Fsp3) is 0.200. The lowest BCUT2D eigenvalue weighted by Crippen LogP contribution is -2.23. The van der Waals surface area contributed by atoms with Crippen molar-refractivity contribution in [2.75, 3.05) is 0 Å². The molecule has 6 heteroatoms. The van der Waals surface area contributed by atoms with Crippen molar-refractivity contribution in [1.82, 2.24) is 20.1 Å². The number of nitrogens with one attached hydrogen (secondary N) is 1. The van der Waals surface area contributed by atoms with Gasteiger partial charge in [-0.15, -0.1) is 0 Å². The zero-order chi connectivity index (χ0) is 18.4. The van der Waals surface area contributed by atoms with Gasteiger partial charge in [0.05, 0.1) is 23.5 Å². The SMILES string of the molecule is Cn1cc(-c2ncccc2CNC(=O)CCc2ccc(C#N)cc2)cn1. The second-order valence-corrected chi connectivity index (χ2v) is 6.00. The van der Waals surface area contributed by atoms with Crippen molar-refractivity contribution in [3.05, 3.63) is 71.7 Å². The van der Waals surface area contributed by atoms with Crippen LogP contribution in [0, 0.1) is 11.3 Å². The van der Waals surface area contributed by atoms with E-state index >= 15 is 0 Å². The van der Waals surface area contributed by atoms with E-state index in [-0.39, 0.29) is 5.91 Å². The molecule has 6 nitrogen and oxygen atoms in total. The Bertz CT molecular complexity index is 937. The highest BCUT2D eigenvalue weighted by Crippen LogP contribution is 2.20. The Kier molecular flexibility index (Phi) is 5.40. The molecule has 0 radical (unpaired) electrons. The maximum absolute atomic E-state index is 12.2. The highest BCUT2D eigenvalue weighted by molar-refractivity contribution is 5.76. The van der Waals surface area contributed by atoms with Crippen LogP contribution in [0.4, 0.5) is 0 Å². The summed E-state index contributed by atoms with van der Waals surface area (Å²) < 4.78 is 1.73. The molecule has 0 aliphatic heterocycles. The average Bonchev–Trinajstić information content (AvgIpc) is 3.11. The van der Waals surface area contributed by atoms with Crippen molar-refractivity contribution in [3.8, 4) is 17.3 Å². The monoisotopic (exact) mass is 345 g/mol. The maximum atomic E-state index is 12.2. The topological polar surface area (TPSA) is 83.6 Å². The summed E-state index contributed by atoms with van der Waals surface area (Å²) in [5.74, 6) is -0.0182. The number of rotatable bonds is 6. The first-order valence-electron chi connectivity index (χ1n) is 8.34. The van der Waals surface area contributed by atoms with E-state index in [1.54, 1.807) is 29.2 Å². The summed E-state index contributed by atoms with van der Waals surface area (Å²) in [5, 5.41) is 15.9. The van der Waals surface area contributed by atoms with Gasteiger partial charge in [0, 0.05) is 38.0 Å². The van der Waals surface area contributed by atoms with Crippen molar-refractivity contribution in [2.24, 2.45) is 7.05 Å². The molecule has 26 heavy (non-hydrogen) atoms. The molecule has 0 aliphatic carbocycles. The summed E-state index contributed by atoms with van der Waals surface area (Å²) >= 11 is 0. The predicted molar refractivity (Wildman–Crippen MR) is 97.8 cm³/mol. The van der Waals surface area contributed by atoms with Crippen molar-refractivity contribution >= 4 is 5.91 Å². The lowest BCUT2D eigenvalue weighted by Gasteiger charge is -2.09. The number of hydrogen-bond donors (Lipinski definition) is 1. The number of hydrogen-bond acceptors (Lipinski definition) is 4. The molecule has 3 rings (SSSR count). The van der Waals surface area contributed by atoms with E-state index in [9.17, 15) is 4.79 Å². The summed E-state index contributed by atoms with van der Waals surface area (Å²) in [6, 6.07) is 13.2. The van der Waals surface area contributed by atoms with Gasteiger partial charge < -0.3 is 5.32 Å². The third-order valence-corrected chi connectivity index (χ3v) is 4.07. The number of carbonyl (C=O) groups is 1. The molecule has 0 unspecified atom stereocenters. The van der Waals surface area contributed by atoms with E-state index in [0.717, 1.165) is 22.4 Å². The Morgan fingerprint density at radius 2 is 2.08 bits per heavy atom. The highest BCUT2D eigenvalue weighted by Gasteiger charge is 2.09. The molecular weight excluding hydrogens is 326 g/mol. The molecule has 1 N–H and O–H groups in total. The fourth-order valence-corrected chi connectivity index (χ4v) is 2.67. The van der Waals surface area contributed by atoms with Gasteiger partial charge in [0.2, 0.25) is 5.91 Å². The van der Waals surface area contributed by atoms with Gasteiger partial charge in [-0.05, 0) is 35.7 Å². The number of pyridine rings is 1. The van der Waals surface area contributed by atoms with Crippen LogP contribution >= 0.6 is 0 Å². The van der Waals surface area contributed by atoms with Crippen LogP contribution in [0.3, 0.4) is 0 Å². The molecule has 0 aliphatic rings. The Balaban J connectivity index is 1.57. The summed E-state index contributed by atoms with van der Waals surface area (Å²) in [6.45, 7) is 0.421. The first kappa shape index (κ1) is 17.4. The third-order valence-electron chi connectivity index (χ3n) is 4.07. The van der Waals surface area contributed by atoms with Crippen LogP contribution in [0.2, 0.25) is 0 Å². The van der Waals surface area contributed by atoms with E-state index in [2.05, 4.69) is 21.5 Å². The van der Waals surface area contributed by atoms with Crippen molar-refractivity contribution in [2.45, 2.75) is 19.4 Å². The molecule has 2 aromatic heterocycles. The second kappa shape index (κ2) is 8.08. The number of nitriles is 1. The highest BCUT2D eigenvalue weighted by atomic mass is 16.1. The van der Waals surface area contributed by atoms with Crippen LogP contribution in [0.1, 0.15) is 23.1 Å². The molecule has 0 atom stereocenters. The Morgan fingerprint density at radius 3 is 2.77 bits per heavy atom. The first-order valence-corrected chi connectivity index (χ1v) is 8.34. The van der Waals surface area contributed by atoms with Gasteiger partial charge >= 0.3 is 0 Å². The van der Waals surface area contributed by atoms with E-state index in [0.29, 0.717) is 24.9 Å². The Morgan fingerprint density at radius 1 is 1.27 bits per heavy atom. The van der Waals surface area contributed by atoms with Crippen LogP contribution in [-0.4, -0.2) is 20.7 Å². The number of carbonyl (C=O) groups excluding carboxylic acids is 1. The van der Waals surface area contributed by atoms with Crippen molar-refractivity contribution < 1.29 is 4.79 Å². The smallest absolute Gasteiger partial charge is 0.220 e. The normalized spacial score (nSPS) is 10.3. The first-order chi connectivity index (χ1) is 12.7. The van der Waals surface area contributed by atoms with Crippen molar-refractivity contribution in [1.29, 1.82) is 5.26 Å². The number of aromatic nitrogens is 3. The van der Waals surface area contributed by atoms with E-state index in [1.807, 2.05) is 37.5 Å². The largest absolute Gasteiger partial charge is 0.352 e. The predicted octanol–water partition coefficient (Wildman–Crippen LogP) is 2.60. The average molecular weight is 345 g/mol. The molecule has 0 bridgehead atoms. The molecule has 3 aromatic rings. The molecule has 1 aromatic carbocycles. The summed E-state index contributed by atoms with van der Waals surface area (Å²) in [6.07, 6.45) is 6.43. The van der Waals surface area contributed by atoms with Crippen molar-refractivity contribution in [3.63, 3.8) is 0 Å². The Hall–Kier alpha value is -3.46. The minimum Gasteiger partial charge on any atom is -0.352 e. The fourth-order valence-electron chi connectivity index (χ4n) is 2.67. The molecule has 130 valence electrons. The van der Waals surface area contributed by atoms with Crippen LogP contribution in [-0.2, 0) is 24.8 Å². The summed E-state index contributed by atoms with van der Waals surface area (Å²) in [7, 11) is 1.86. The van der Waals surface area contributed by atoms with Crippen LogP contribution in [0.25, 0.3) is 11.3 Å². The molecule has 0 fully saturated rings. The van der Waals surface area contributed by atoms with E-state index in [4.69, 9.17) is 5.26 Å². The van der Waals surface area contributed by atoms with Gasteiger partial charge in [-0.2, -0.15) is 10.4 Å². The Labute approximate surface area is 152 Å². The maximum Gasteiger partial charge on any atom is 0.220 e. The number of amides is 1. The molecule has 0 spiro atoms. The lowest BCUT2D eigenvalue weighted by molar-refractivity contribution is -0.121. The van der Waals surface area contributed by atoms with Gasteiger partial charge in [0.1, 0.15) is 0 Å². The minimum absolute atomic E-state index is 0.0182. The zero-order valence-electron chi connectivity index (χ0n) is 14.5. The number of nitrogens with zero attached hydrogens (tertiary/aromatic N) is 4. The molecule has 1 amide bonds. The second-order valence-electron chi connectivity index (χ2n) is 6.00. The van der Waals surface area contributed by atoms with Gasteiger partial charge in [-0.1, -0.05) is 18.2 Å². The van der Waals surface area contributed by atoms with Gasteiger partial charge in [-0.25, -0.2) is 0 Å². The quantitative estimate of drug-likeness (QED) is 0.744. The van der Waals surface area contributed by atoms with Crippen LogP contribution in [0.5, 0.6) is 0 Å².